The van der Waals surface area contributed by atoms with Gasteiger partial charge in [-0.25, -0.2) is 4.79 Å². The zero-order chi connectivity index (χ0) is 20.8. The molecule has 0 radical (unpaired) electrons. The number of nitrogens with zero attached hydrogens (tertiary/aromatic N) is 2. The number of amides is 2. The molecule has 2 heterocycles. The highest BCUT2D eigenvalue weighted by atomic mass is 32.1. The smallest absolute Gasteiger partial charge is 0.407 e. The fourth-order valence-electron chi connectivity index (χ4n) is 3.89. The number of carbonyl (C=O) groups excluding carboxylic acids is 2. The van der Waals surface area contributed by atoms with Crippen LogP contribution in [0.25, 0.3) is 0 Å². The van der Waals surface area contributed by atoms with Crippen LogP contribution in [0.3, 0.4) is 0 Å². The molecule has 0 unspecified atom stereocenters. The molecule has 2 aliphatic carbocycles. The molecular formula is C21H28N4O3S. The maximum absolute atomic E-state index is 12.4. The molecule has 4 rings (SSSR count). The molecule has 0 spiro atoms. The van der Waals surface area contributed by atoms with Gasteiger partial charge in [-0.15, -0.1) is 11.3 Å². The Morgan fingerprint density at radius 1 is 1.34 bits per heavy atom. The van der Waals surface area contributed by atoms with Crippen LogP contribution in [0.5, 0.6) is 0 Å². The summed E-state index contributed by atoms with van der Waals surface area (Å²) in [7, 11) is 1.80. The highest BCUT2D eigenvalue weighted by molar-refractivity contribution is 7.10. The topological polar surface area (TPSA) is 85.2 Å². The zero-order valence-corrected chi connectivity index (χ0v) is 18.1. The number of alkyl carbamates (subject to hydrolysis) is 1. The molecule has 2 amide bonds. The van der Waals surface area contributed by atoms with Gasteiger partial charge < -0.3 is 15.4 Å². The number of aromatic nitrogens is 2. The van der Waals surface area contributed by atoms with Gasteiger partial charge in [-0.3, -0.25) is 9.48 Å². The lowest BCUT2D eigenvalue weighted by atomic mass is 9.64. The highest BCUT2D eigenvalue weighted by Crippen LogP contribution is 2.49. The van der Waals surface area contributed by atoms with Gasteiger partial charge in [-0.05, 0) is 31.7 Å². The second-order valence-electron chi connectivity index (χ2n) is 9.17. The maximum atomic E-state index is 12.4. The van der Waals surface area contributed by atoms with Crippen molar-refractivity contribution in [3.05, 3.63) is 34.3 Å². The predicted molar refractivity (Wildman–Crippen MR) is 112 cm³/mol. The SMILES string of the molecule is Cn1cc(NC(=O)c2csc([C@@H]3C[C@H]3NC(=O)OC3(C(C)(C)C)CCC3)c2)cn1. The summed E-state index contributed by atoms with van der Waals surface area (Å²) in [5.41, 5.74) is 0.892. The van der Waals surface area contributed by atoms with Gasteiger partial charge in [0.2, 0.25) is 0 Å². The van der Waals surface area contributed by atoms with E-state index in [4.69, 9.17) is 4.74 Å². The van der Waals surface area contributed by atoms with Crippen LogP contribution in [0.4, 0.5) is 10.5 Å². The van der Waals surface area contributed by atoms with Crippen LogP contribution < -0.4 is 10.6 Å². The summed E-state index contributed by atoms with van der Waals surface area (Å²) in [6, 6.07) is 1.99. The van der Waals surface area contributed by atoms with Crippen molar-refractivity contribution in [2.24, 2.45) is 12.5 Å². The number of ether oxygens (including phenoxy) is 1. The third kappa shape index (κ3) is 4.03. The summed E-state index contributed by atoms with van der Waals surface area (Å²) in [6.07, 6.45) is 6.89. The predicted octanol–water partition coefficient (Wildman–Crippen LogP) is 4.28. The normalized spacial score (nSPS) is 22.5. The lowest BCUT2D eigenvalue weighted by molar-refractivity contribution is -0.122. The van der Waals surface area contributed by atoms with Crippen LogP contribution >= 0.6 is 11.3 Å². The quantitative estimate of drug-likeness (QED) is 0.762. The van der Waals surface area contributed by atoms with E-state index in [0.717, 1.165) is 30.6 Å². The molecule has 2 aromatic heterocycles. The van der Waals surface area contributed by atoms with Gasteiger partial charge in [0.05, 0.1) is 17.4 Å². The third-order valence-corrected chi connectivity index (χ3v) is 7.18. The fraction of sp³-hybridized carbons (Fsp3) is 0.571. The van der Waals surface area contributed by atoms with E-state index in [9.17, 15) is 9.59 Å². The molecule has 29 heavy (non-hydrogen) atoms. The molecule has 2 saturated carbocycles. The van der Waals surface area contributed by atoms with Crippen molar-refractivity contribution >= 4 is 29.0 Å². The van der Waals surface area contributed by atoms with E-state index >= 15 is 0 Å². The molecule has 0 bridgehead atoms. The Labute approximate surface area is 174 Å². The van der Waals surface area contributed by atoms with E-state index in [2.05, 4.69) is 36.5 Å². The van der Waals surface area contributed by atoms with Crippen molar-refractivity contribution in [1.29, 1.82) is 0 Å². The van der Waals surface area contributed by atoms with Crippen LogP contribution in [0, 0.1) is 5.41 Å². The summed E-state index contributed by atoms with van der Waals surface area (Å²) in [5.74, 6) is 0.0987. The van der Waals surface area contributed by atoms with Crippen molar-refractivity contribution in [3.63, 3.8) is 0 Å². The number of hydrogen-bond donors (Lipinski definition) is 2. The Bertz CT molecular complexity index is 923. The Morgan fingerprint density at radius 3 is 2.69 bits per heavy atom. The van der Waals surface area contributed by atoms with Crippen molar-refractivity contribution in [2.75, 3.05) is 5.32 Å². The van der Waals surface area contributed by atoms with E-state index in [1.807, 2.05) is 11.4 Å². The van der Waals surface area contributed by atoms with Crippen LogP contribution in [0.2, 0.25) is 0 Å². The number of rotatable bonds is 5. The summed E-state index contributed by atoms with van der Waals surface area (Å²) in [5, 5.41) is 11.8. The monoisotopic (exact) mass is 416 g/mol. The lowest BCUT2D eigenvalue weighted by Crippen LogP contribution is -2.53. The number of aryl methyl sites for hydroxylation is 1. The zero-order valence-electron chi connectivity index (χ0n) is 17.3. The standard InChI is InChI=1S/C21H28N4O3S/c1-20(2,3)21(6-5-7-21)28-19(27)24-16-9-15(16)17-8-13(12-29-17)18(26)23-14-10-22-25(4)11-14/h8,10-12,15-16H,5-7,9H2,1-4H3,(H,23,26)(H,24,27)/t15-,16-/m1/s1. The molecule has 8 heteroatoms. The largest absolute Gasteiger partial charge is 0.442 e. The van der Waals surface area contributed by atoms with Crippen LogP contribution in [0.15, 0.2) is 23.8 Å². The molecule has 0 aliphatic heterocycles. The number of hydrogen-bond acceptors (Lipinski definition) is 5. The maximum Gasteiger partial charge on any atom is 0.407 e. The molecule has 2 N–H and O–H groups in total. The summed E-state index contributed by atoms with van der Waals surface area (Å²) < 4.78 is 7.51. The molecule has 2 fully saturated rings. The van der Waals surface area contributed by atoms with Crippen LogP contribution in [0.1, 0.15) is 67.6 Å². The summed E-state index contributed by atoms with van der Waals surface area (Å²) >= 11 is 1.55. The van der Waals surface area contributed by atoms with E-state index in [1.54, 1.807) is 35.5 Å². The van der Waals surface area contributed by atoms with Crippen molar-refractivity contribution in [2.45, 2.75) is 64.0 Å². The minimum atomic E-state index is -0.345. The van der Waals surface area contributed by atoms with Crippen LogP contribution in [-0.2, 0) is 11.8 Å². The Balaban J connectivity index is 1.30. The van der Waals surface area contributed by atoms with E-state index < -0.39 is 0 Å². The number of carbonyl (C=O) groups is 2. The Kier molecular flexibility index (Phi) is 4.93. The lowest BCUT2D eigenvalue weighted by Gasteiger charge is -2.50. The summed E-state index contributed by atoms with van der Waals surface area (Å²) in [4.78, 5) is 26.0. The molecular weight excluding hydrogens is 388 g/mol. The molecule has 0 aromatic carbocycles. The first-order chi connectivity index (χ1) is 13.7. The average molecular weight is 417 g/mol. The number of thiophene rings is 1. The van der Waals surface area contributed by atoms with Gasteiger partial charge in [-0.1, -0.05) is 20.8 Å². The van der Waals surface area contributed by atoms with Crippen molar-refractivity contribution < 1.29 is 14.3 Å². The molecule has 0 saturated heterocycles. The number of nitrogens with one attached hydrogen (secondary N) is 2. The fourth-order valence-corrected chi connectivity index (χ4v) is 4.95. The van der Waals surface area contributed by atoms with Crippen LogP contribution in [-0.4, -0.2) is 33.4 Å². The van der Waals surface area contributed by atoms with Gasteiger partial charge in [0, 0.05) is 40.9 Å². The first kappa shape index (κ1) is 19.9. The molecule has 2 aromatic rings. The molecule has 2 atom stereocenters. The first-order valence-electron chi connectivity index (χ1n) is 10.0. The van der Waals surface area contributed by atoms with Crippen molar-refractivity contribution in [1.82, 2.24) is 15.1 Å². The van der Waals surface area contributed by atoms with E-state index in [1.165, 1.54) is 0 Å². The average Bonchev–Trinajstić information content (AvgIpc) is 3.00. The highest BCUT2D eigenvalue weighted by Gasteiger charge is 2.51. The Hall–Kier alpha value is -2.35. The Morgan fingerprint density at radius 2 is 2.10 bits per heavy atom. The first-order valence-corrected chi connectivity index (χ1v) is 10.9. The second-order valence-corrected chi connectivity index (χ2v) is 10.1. The second kappa shape index (κ2) is 7.16. The van der Waals surface area contributed by atoms with E-state index in [-0.39, 0.29) is 35.0 Å². The third-order valence-electron chi connectivity index (χ3n) is 6.12. The molecule has 156 valence electrons. The minimum Gasteiger partial charge on any atom is -0.442 e. The van der Waals surface area contributed by atoms with Gasteiger partial charge in [0.1, 0.15) is 5.60 Å². The van der Waals surface area contributed by atoms with E-state index in [0.29, 0.717) is 11.3 Å². The van der Waals surface area contributed by atoms with Crippen molar-refractivity contribution in [3.8, 4) is 0 Å². The molecule has 2 aliphatic rings. The number of anilines is 1. The van der Waals surface area contributed by atoms with Gasteiger partial charge in [0.25, 0.3) is 5.91 Å². The molecule has 7 nitrogen and oxygen atoms in total. The summed E-state index contributed by atoms with van der Waals surface area (Å²) in [6.45, 7) is 6.38. The van der Waals surface area contributed by atoms with Gasteiger partial charge >= 0.3 is 6.09 Å². The van der Waals surface area contributed by atoms with Gasteiger partial charge in [-0.2, -0.15) is 5.10 Å². The van der Waals surface area contributed by atoms with Gasteiger partial charge in [0.15, 0.2) is 0 Å². The minimum absolute atomic E-state index is 0.0597.